The molecule has 1 aromatic carbocycles. The van der Waals surface area contributed by atoms with Gasteiger partial charge in [-0.25, -0.2) is 0 Å². The Labute approximate surface area is 154 Å². The van der Waals surface area contributed by atoms with E-state index in [4.69, 9.17) is 13.9 Å². The zero-order valence-corrected chi connectivity index (χ0v) is 17.7. The minimum atomic E-state index is -1.81. The molecule has 0 spiro atoms. The van der Waals surface area contributed by atoms with Crippen LogP contribution in [0.1, 0.15) is 38.9 Å². The molecule has 0 saturated carbocycles. The van der Waals surface area contributed by atoms with Gasteiger partial charge in [0.25, 0.3) is 0 Å². The summed E-state index contributed by atoms with van der Waals surface area (Å²) in [6.07, 6.45) is 4.21. The third-order valence-corrected chi connectivity index (χ3v) is 9.39. The van der Waals surface area contributed by atoms with Gasteiger partial charge in [0.1, 0.15) is 5.75 Å². The summed E-state index contributed by atoms with van der Waals surface area (Å²) in [6.45, 7) is 19.5. The van der Waals surface area contributed by atoms with Gasteiger partial charge in [-0.3, -0.25) is 0 Å². The molecule has 0 fully saturated rings. The van der Waals surface area contributed by atoms with Gasteiger partial charge >= 0.3 is 0 Å². The van der Waals surface area contributed by atoms with Crippen molar-refractivity contribution in [1.29, 1.82) is 0 Å². The van der Waals surface area contributed by atoms with E-state index in [2.05, 4.69) is 47.0 Å². The Kier molecular flexibility index (Phi) is 8.12. The first-order chi connectivity index (χ1) is 11.6. The number of methoxy groups -OCH3 is 1. The lowest BCUT2D eigenvalue weighted by molar-refractivity contribution is -0.0109. The zero-order valence-electron chi connectivity index (χ0n) is 16.7. The van der Waals surface area contributed by atoms with Crippen molar-refractivity contribution in [2.45, 2.75) is 57.5 Å². The smallest absolute Gasteiger partial charge is 0.192 e. The monoisotopic (exact) mass is 362 g/mol. The molecule has 0 aliphatic rings. The summed E-state index contributed by atoms with van der Waals surface area (Å²) in [7, 11) is -0.144. The first kappa shape index (κ1) is 21.7. The Morgan fingerprint density at radius 3 is 2.16 bits per heavy atom. The molecule has 0 radical (unpaired) electrons. The highest BCUT2D eigenvalue weighted by molar-refractivity contribution is 6.74. The van der Waals surface area contributed by atoms with Crippen LogP contribution in [0.5, 0.6) is 5.75 Å². The van der Waals surface area contributed by atoms with Gasteiger partial charge in [0.05, 0.1) is 25.9 Å². The van der Waals surface area contributed by atoms with Gasteiger partial charge in [-0.2, -0.15) is 0 Å². The maximum atomic E-state index is 6.30. The first-order valence-corrected chi connectivity index (χ1v) is 11.7. The summed E-state index contributed by atoms with van der Waals surface area (Å²) in [5.41, 5.74) is 1.10. The highest BCUT2D eigenvalue weighted by Crippen LogP contribution is 2.37. The predicted molar refractivity (Wildman–Crippen MR) is 109 cm³/mol. The van der Waals surface area contributed by atoms with Crippen LogP contribution in [0, 0.1) is 0 Å². The Morgan fingerprint density at radius 1 is 1.12 bits per heavy atom. The number of ether oxygens (including phenoxy) is 2. The maximum absolute atomic E-state index is 6.30. The van der Waals surface area contributed by atoms with Crippen LogP contribution in [0.15, 0.2) is 49.6 Å². The molecule has 140 valence electrons. The van der Waals surface area contributed by atoms with Crippen LogP contribution in [-0.2, 0) is 9.16 Å². The van der Waals surface area contributed by atoms with Gasteiger partial charge < -0.3 is 13.9 Å². The summed E-state index contributed by atoms with van der Waals surface area (Å²) < 4.78 is 17.8. The molecule has 0 aliphatic heterocycles. The van der Waals surface area contributed by atoms with Crippen LogP contribution in [0.4, 0.5) is 0 Å². The second-order valence-electron chi connectivity index (χ2n) is 7.77. The average molecular weight is 363 g/mol. The Morgan fingerprint density at radius 2 is 1.72 bits per heavy atom. The molecule has 4 heteroatoms. The minimum Gasteiger partial charge on any atom is -0.497 e. The summed E-state index contributed by atoms with van der Waals surface area (Å²) >= 11 is 0. The topological polar surface area (TPSA) is 27.7 Å². The van der Waals surface area contributed by atoms with Crippen molar-refractivity contribution in [1.82, 2.24) is 0 Å². The summed E-state index contributed by atoms with van der Waals surface area (Å²) in [5, 5.41) is 0.176. The van der Waals surface area contributed by atoms with E-state index in [9.17, 15) is 0 Å². The normalized spacial score (nSPS) is 14.6. The maximum Gasteiger partial charge on any atom is 0.192 e. The molecule has 0 heterocycles. The second kappa shape index (κ2) is 9.37. The van der Waals surface area contributed by atoms with Crippen molar-refractivity contribution < 1.29 is 13.9 Å². The van der Waals surface area contributed by atoms with Gasteiger partial charge in [-0.1, -0.05) is 45.1 Å². The molecule has 0 aromatic heterocycles. The van der Waals surface area contributed by atoms with Crippen molar-refractivity contribution in [3.8, 4) is 5.75 Å². The van der Waals surface area contributed by atoms with Crippen LogP contribution >= 0.6 is 0 Å². The molecule has 2 atom stereocenters. The molecule has 1 rings (SSSR count). The molecule has 0 N–H and O–H groups in total. The number of hydrogen-bond donors (Lipinski definition) is 0. The van der Waals surface area contributed by atoms with Gasteiger partial charge in [0, 0.05) is 0 Å². The van der Waals surface area contributed by atoms with Crippen LogP contribution < -0.4 is 4.74 Å². The molecule has 0 bridgehead atoms. The molecule has 25 heavy (non-hydrogen) atoms. The van der Waals surface area contributed by atoms with Crippen molar-refractivity contribution >= 4 is 8.32 Å². The second-order valence-corrected chi connectivity index (χ2v) is 12.6. The lowest BCUT2D eigenvalue weighted by Gasteiger charge is -2.37. The molecule has 1 aromatic rings. The summed E-state index contributed by atoms with van der Waals surface area (Å²) in [5.74, 6) is 0.836. The standard InChI is InChI=1S/C21H34O3Si/c1-9-11-20(17-12-14-19(22-6)15-13-17)24-18(10-2)16-23-25(7,8)21(3,4)5/h9-10,12-15,18,20H,1-2,11,16H2,3-8H3. The van der Waals surface area contributed by atoms with E-state index in [0.717, 1.165) is 17.7 Å². The van der Waals surface area contributed by atoms with Crippen LogP contribution in [-0.4, -0.2) is 28.1 Å². The zero-order chi connectivity index (χ0) is 19.1. The largest absolute Gasteiger partial charge is 0.497 e. The number of benzene rings is 1. The van der Waals surface area contributed by atoms with Gasteiger partial charge in [0.15, 0.2) is 8.32 Å². The average Bonchev–Trinajstić information content (AvgIpc) is 2.56. The molecule has 2 unspecified atom stereocenters. The molecule has 0 aliphatic carbocycles. The minimum absolute atomic E-state index is 0.0746. The lowest BCUT2D eigenvalue weighted by atomic mass is 10.1. The number of rotatable bonds is 10. The van der Waals surface area contributed by atoms with Gasteiger partial charge in [-0.05, 0) is 42.2 Å². The highest BCUT2D eigenvalue weighted by Gasteiger charge is 2.37. The van der Waals surface area contributed by atoms with E-state index < -0.39 is 8.32 Å². The highest BCUT2D eigenvalue weighted by atomic mass is 28.4. The predicted octanol–water partition coefficient (Wildman–Crippen LogP) is 5.91. The van der Waals surface area contributed by atoms with Crippen LogP contribution in [0.25, 0.3) is 0 Å². The quantitative estimate of drug-likeness (QED) is 0.383. The van der Waals surface area contributed by atoms with E-state index in [1.165, 1.54) is 0 Å². The SMILES string of the molecule is C=CCC(OC(C=C)CO[Si](C)(C)C(C)(C)C)c1ccc(OC)cc1. The Bertz CT molecular complexity index is 543. The third-order valence-electron chi connectivity index (χ3n) is 4.88. The van der Waals surface area contributed by atoms with E-state index in [1.807, 2.05) is 36.4 Å². The van der Waals surface area contributed by atoms with Crippen LogP contribution in [0.3, 0.4) is 0 Å². The molecule has 3 nitrogen and oxygen atoms in total. The summed E-state index contributed by atoms with van der Waals surface area (Å²) in [4.78, 5) is 0. The van der Waals surface area contributed by atoms with Crippen molar-refractivity contribution in [3.63, 3.8) is 0 Å². The number of hydrogen-bond acceptors (Lipinski definition) is 3. The fourth-order valence-corrected chi connectivity index (χ4v) is 3.13. The van der Waals surface area contributed by atoms with Crippen molar-refractivity contribution in [2.24, 2.45) is 0 Å². The first-order valence-electron chi connectivity index (χ1n) is 8.81. The van der Waals surface area contributed by atoms with Gasteiger partial charge in [-0.15, -0.1) is 13.2 Å². The third kappa shape index (κ3) is 6.46. The van der Waals surface area contributed by atoms with E-state index >= 15 is 0 Å². The van der Waals surface area contributed by atoms with Crippen molar-refractivity contribution in [3.05, 3.63) is 55.1 Å². The Balaban J connectivity index is 2.79. The molecule has 0 amide bonds. The van der Waals surface area contributed by atoms with E-state index in [0.29, 0.717) is 6.61 Å². The van der Waals surface area contributed by atoms with Crippen LogP contribution in [0.2, 0.25) is 18.1 Å². The fourth-order valence-electron chi connectivity index (χ4n) is 2.12. The molecule has 0 saturated heterocycles. The Hall–Kier alpha value is -1.36. The molecular weight excluding hydrogens is 328 g/mol. The van der Waals surface area contributed by atoms with E-state index in [1.54, 1.807) is 7.11 Å². The van der Waals surface area contributed by atoms with Crippen molar-refractivity contribution in [2.75, 3.05) is 13.7 Å². The summed E-state index contributed by atoms with van der Waals surface area (Å²) in [6, 6.07) is 7.96. The van der Waals surface area contributed by atoms with E-state index in [-0.39, 0.29) is 17.2 Å². The lowest BCUT2D eigenvalue weighted by Crippen LogP contribution is -2.42. The fraction of sp³-hybridized carbons (Fsp3) is 0.524. The molecular formula is C21H34O3Si. The van der Waals surface area contributed by atoms with Gasteiger partial charge in [0.2, 0.25) is 0 Å².